The summed E-state index contributed by atoms with van der Waals surface area (Å²) in [5.74, 6) is 3.71. The topological polar surface area (TPSA) is 49.7 Å². The lowest BCUT2D eigenvalue weighted by atomic mass is 10.2. The first-order chi connectivity index (χ1) is 13.3. The van der Waals surface area contributed by atoms with Crippen molar-refractivity contribution in [1.29, 1.82) is 0 Å². The number of rotatable bonds is 6. The van der Waals surface area contributed by atoms with Crippen LogP contribution in [0, 0.1) is 0 Å². The molecule has 0 amide bonds. The second-order valence-electron chi connectivity index (χ2n) is 6.39. The Morgan fingerprint density at radius 1 is 0.741 bits per heavy atom. The summed E-state index contributed by atoms with van der Waals surface area (Å²) in [6, 6.07) is 16.4. The fourth-order valence-corrected chi connectivity index (χ4v) is 9.50. The Morgan fingerprint density at radius 2 is 1.19 bits per heavy atom. The van der Waals surface area contributed by atoms with Crippen LogP contribution < -0.4 is 4.74 Å². The van der Waals surface area contributed by atoms with Gasteiger partial charge in [-0.05, 0) is 12.1 Å². The molecule has 2 N–H and O–H groups in total. The van der Waals surface area contributed by atoms with E-state index < -0.39 is 0 Å². The van der Waals surface area contributed by atoms with E-state index in [9.17, 15) is 10.2 Å². The van der Waals surface area contributed by atoms with Gasteiger partial charge in [0.05, 0.1) is 22.4 Å². The number of hydrogen-bond donors (Lipinski definition) is 2. The van der Waals surface area contributed by atoms with Gasteiger partial charge in [-0.1, -0.05) is 36.4 Å². The molecule has 0 bridgehead atoms. The average Bonchev–Trinajstić information content (AvgIpc) is 3.38. The standard InChI is InChI=1S/C20H22O3S4/c21-9-13-11-24-19(26-13)15-5-1-3-7-17(15)23-18-8-4-2-6-16(18)20-25-12-14(10-22)27-20/h1-8,13-14,19-22H,9-12H2. The fraction of sp³-hybridized carbons (Fsp3) is 0.400. The lowest BCUT2D eigenvalue weighted by Crippen LogP contribution is -2.06. The monoisotopic (exact) mass is 438 g/mol. The van der Waals surface area contributed by atoms with Crippen LogP contribution in [0.1, 0.15) is 20.3 Å². The van der Waals surface area contributed by atoms with E-state index in [1.54, 1.807) is 0 Å². The van der Waals surface area contributed by atoms with Gasteiger partial charge in [0.25, 0.3) is 0 Å². The highest BCUT2D eigenvalue weighted by atomic mass is 32.2. The summed E-state index contributed by atoms with van der Waals surface area (Å²) in [4.78, 5) is 0. The van der Waals surface area contributed by atoms with Crippen LogP contribution in [0.5, 0.6) is 11.5 Å². The first kappa shape index (κ1) is 19.9. The highest BCUT2D eigenvalue weighted by molar-refractivity contribution is 8.20. The second-order valence-corrected chi connectivity index (χ2v) is 12.1. The van der Waals surface area contributed by atoms with Gasteiger partial charge in [0, 0.05) is 33.1 Å². The molecule has 7 heteroatoms. The molecule has 2 aliphatic rings. The summed E-state index contributed by atoms with van der Waals surface area (Å²) < 4.78 is 7.01. The van der Waals surface area contributed by atoms with Crippen LogP contribution >= 0.6 is 47.0 Å². The van der Waals surface area contributed by atoms with Crippen molar-refractivity contribution < 1.29 is 14.9 Å². The van der Waals surface area contributed by atoms with Crippen LogP contribution in [0.3, 0.4) is 0 Å². The number of aliphatic hydroxyl groups excluding tert-OH is 2. The van der Waals surface area contributed by atoms with Gasteiger partial charge in [0.1, 0.15) is 11.5 Å². The van der Waals surface area contributed by atoms with Crippen molar-refractivity contribution in [1.82, 2.24) is 0 Å². The summed E-state index contributed by atoms with van der Waals surface area (Å²) in [6.45, 7) is 0.449. The van der Waals surface area contributed by atoms with Crippen molar-refractivity contribution in [2.75, 3.05) is 24.7 Å². The van der Waals surface area contributed by atoms with Crippen LogP contribution in [-0.4, -0.2) is 45.4 Å². The molecule has 0 aromatic heterocycles. The molecular formula is C20H22O3S4. The molecule has 3 nitrogen and oxygen atoms in total. The minimum absolute atomic E-state index is 0.224. The van der Waals surface area contributed by atoms with Crippen LogP contribution in [-0.2, 0) is 0 Å². The van der Waals surface area contributed by atoms with Crippen LogP contribution in [0.15, 0.2) is 48.5 Å². The maximum Gasteiger partial charge on any atom is 0.132 e. The fourth-order valence-electron chi connectivity index (χ4n) is 3.07. The van der Waals surface area contributed by atoms with Gasteiger partial charge in [0.15, 0.2) is 0 Å². The quantitative estimate of drug-likeness (QED) is 0.646. The minimum Gasteiger partial charge on any atom is -0.457 e. The van der Waals surface area contributed by atoms with E-state index in [2.05, 4.69) is 24.3 Å². The molecule has 0 aliphatic carbocycles. The minimum atomic E-state index is 0.224. The third-order valence-electron chi connectivity index (χ3n) is 4.47. The molecule has 2 heterocycles. The molecule has 2 fully saturated rings. The van der Waals surface area contributed by atoms with E-state index in [-0.39, 0.29) is 13.2 Å². The third kappa shape index (κ3) is 4.60. The van der Waals surface area contributed by atoms with Crippen LogP contribution in [0.4, 0.5) is 0 Å². The Kier molecular flexibility index (Phi) is 6.89. The molecule has 0 radical (unpaired) electrons. The molecule has 4 rings (SSSR count). The molecule has 2 aliphatic heterocycles. The molecular weight excluding hydrogens is 416 g/mol. The van der Waals surface area contributed by atoms with Crippen LogP contribution in [0.2, 0.25) is 0 Å². The molecule has 2 saturated heterocycles. The van der Waals surface area contributed by atoms with Gasteiger partial charge in [-0.15, -0.1) is 47.0 Å². The van der Waals surface area contributed by atoms with E-state index >= 15 is 0 Å². The second kappa shape index (κ2) is 9.37. The largest absolute Gasteiger partial charge is 0.457 e. The van der Waals surface area contributed by atoms with Gasteiger partial charge in [-0.2, -0.15) is 0 Å². The van der Waals surface area contributed by atoms with E-state index in [1.807, 2.05) is 71.3 Å². The van der Waals surface area contributed by atoms with E-state index in [0.717, 1.165) is 23.0 Å². The van der Waals surface area contributed by atoms with Crippen molar-refractivity contribution in [3.63, 3.8) is 0 Å². The normalized spacial score (nSPS) is 27.8. The van der Waals surface area contributed by atoms with Crippen molar-refractivity contribution in [2.24, 2.45) is 0 Å². The highest BCUT2D eigenvalue weighted by Crippen LogP contribution is 2.54. The molecule has 0 saturated carbocycles. The molecule has 2 aromatic carbocycles. The highest BCUT2D eigenvalue weighted by Gasteiger charge is 2.31. The Balaban J connectivity index is 1.57. The predicted molar refractivity (Wildman–Crippen MR) is 120 cm³/mol. The Labute approximate surface area is 177 Å². The Hall–Kier alpha value is -0.440. The number of aliphatic hydroxyl groups is 2. The summed E-state index contributed by atoms with van der Waals surface area (Å²) in [6.07, 6.45) is 0. The van der Waals surface area contributed by atoms with Gasteiger partial charge < -0.3 is 14.9 Å². The zero-order valence-electron chi connectivity index (χ0n) is 14.7. The molecule has 2 aromatic rings. The zero-order chi connectivity index (χ0) is 18.6. The molecule has 27 heavy (non-hydrogen) atoms. The molecule has 144 valence electrons. The molecule has 4 atom stereocenters. The lowest BCUT2D eigenvalue weighted by Gasteiger charge is -2.19. The summed E-state index contributed by atoms with van der Waals surface area (Å²) in [5.41, 5.74) is 2.36. The number of thioether (sulfide) groups is 4. The van der Waals surface area contributed by atoms with Crippen LogP contribution in [0.25, 0.3) is 0 Å². The SMILES string of the molecule is OCC1CSC(c2ccccc2Oc2ccccc2C2SCC(CO)S2)S1. The smallest absolute Gasteiger partial charge is 0.132 e. The average molecular weight is 439 g/mol. The van der Waals surface area contributed by atoms with Gasteiger partial charge in [-0.25, -0.2) is 0 Å². The summed E-state index contributed by atoms with van der Waals surface area (Å²) in [5, 5.41) is 19.5. The number of hydrogen-bond acceptors (Lipinski definition) is 7. The van der Waals surface area contributed by atoms with Crippen molar-refractivity contribution in [3.8, 4) is 11.5 Å². The van der Waals surface area contributed by atoms with Crippen molar-refractivity contribution in [2.45, 2.75) is 19.7 Å². The third-order valence-corrected chi connectivity index (χ3v) is 11.1. The zero-order valence-corrected chi connectivity index (χ0v) is 18.0. The first-order valence-electron chi connectivity index (χ1n) is 8.90. The number of ether oxygens (including phenoxy) is 1. The summed E-state index contributed by atoms with van der Waals surface area (Å²) in [7, 11) is 0. The maximum absolute atomic E-state index is 9.45. The number of para-hydroxylation sites is 2. The van der Waals surface area contributed by atoms with E-state index in [0.29, 0.717) is 19.7 Å². The maximum atomic E-state index is 9.45. The predicted octanol–water partition coefficient (Wildman–Crippen LogP) is 5.16. The Bertz CT molecular complexity index is 709. The first-order valence-corrected chi connectivity index (χ1v) is 12.9. The lowest BCUT2D eigenvalue weighted by molar-refractivity contribution is 0.301. The van der Waals surface area contributed by atoms with Crippen molar-refractivity contribution >= 4 is 47.0 Å². The van der Waals surface area contributed by atoms with Gasteiger partial charge in [-0.3, -0.25) is 0 Å². The van der Waals surface area contributed by atoms with E-state index in [1.165, 1.54) is 11.1 Å². The summed E-state index contributed by atoms with van der Waals surface area (Å²) >= 11 is 7.38. The van der Waals surface area contributed by atoms with E-state index in [4.69, 9.17) is 4.74 Å². The number of benzene rings is 2. The Morgan fingerprint density at radius 3 is 1.59 bits per heavy atom. The molecule has 0 spiro atoms. The van der Waals surface area contributed by atoms with Gasteiger partial charge in [0.2, 0.25) is 0 Å². The molecule has 4 unspecified atom stereocenters. The van der Waals surface area contributed by atoms with Crippen molar-refractivity contribution in [3.05, 3.63) is 59.7 Å². The van der Waals surface area contributed by atoms with Gasteiger partial charge >= 0.3 is 0 Å².